The van der Waals surface area contributed by atoms with Crippen LogP contribution in [0.4, 0.5) is 0 Å². The number of amides is 1. The van der Waals surface area contributed by atoms with Gasteiger partial charge in [-0.25, -0.2) is 0 Å². The van der Waals surface area contributed by atoms with Crippen molar-refractivity contribution in [2.75, 3.05) is 7.11 Å². The molecule has 3 N–H and O–H groups in total. The van der Waals surface area contributed by atoms with Gasteiger partial charge >= 0.3 is 0 Å². The third-order valence-corrected chi connectivity index (χ3v) is 4.33. The van der Waals surface area contributed by atoms with Crippen LogP contribution in [0.5, 0.6) is 5.75 Å². The molecule has 0 saturated heterocycles. The van der Waals surface area contributed by atoms with Crippen molar-refractivity contribution in [2.45, 2.75) is 57.0 Å². The number of ether oxygens (including phenoxy) is 1. The minimum atomic E-state index is -0.309. The van der Waals surface area contributed by atoms with E-state index in [9.17, 15) is 4.79 Å². The van der Waals surface area contributed by atoms with Crippen molar-refractivity contribution in [3.63, 3.8) is 0 Å². The summed E-state index contributed by atoms with van der Waals surface area (Å²) in [6.45, 7) is 1.98. The maximum absolute atomic E-state index is 12.2. The average Bonchev–Trinajstić information content (AvgIpc) is 2.47. The summed E-state index contributed by atoms with van der Waals surface area (Å²) in [7, 11) is 1.64. The Balaban J connectivity index is 1.92. The predicted octanol–water partition coefficient (Wildman–Crippen LogP) is 2.92. The molecule has 1 amide bonds. The van der Waals surface area contributed by atoms with Crippen LogP contribution in [0.25, 0.3) is 0 Å². The number of hydrogen-bond acceptors (Lipinski definition) is 3. The van der Waals surface area contributed by atoms with E-state index in [0.29, 0.717) is 6.42 Å². The highest BCUT2D eigenvalue weighted by molar-refractivity contribution is 5.77. The smallest absolute Gasteiger partial charge is 0.222 e. The Morgan fingerprint density at radius 1 is 1.38 bits per heavy atom. The number of hydrogen-bond donors (Lipinski definition) is 2. The molecule has 1 aromatic rings. The van der Waals surface area contributed by atoms with Gasteiger partial charge in [0.1, 0.15) is 5.75 Å². The van der Waals surface area contributed by atoms with E-state index >= 15 is 0 Å². The number of nitrogens with two attached hydrogens (primary N) is 1. The molecule has 116 valence electrons. The van der Waals surface area contributed by atoms with Gasteiger partial charge in [0.25, 0.3) is 0 Å². The van der Waals surface area contributed by atoms with Crippen molar-refractivity contribution in [1.29, 1.82) is 0 Å². The molecular formula is C17H26N2O2. The minimum Gasteiger partial charge on any atom is -0.497 e. The topological polar surface area (TPSA) is 64.3 Å². The van der Waals surface area contributed by atoms with Gasteiger partial charge in [0.2, 0.25) is 5.91 Å². The Morgan fingerprint density at radius 3 is 2.76 bits per heavy atom. The van der Waals surface area contributed by atoms with E-state index in [0.717, 1.165) is 37.0 Å². The molecule has 0 aromatic heterocycles. The van der Waals surface area contributed by atoms with E-state index in [1.807, 2.05) is 31.2 Å². The fourth-order valence-electron chi connectivity index (χ4n) is 3.04. The number of nitrogens with one attached hydrogen (secondary N) is 1. The molecule has 0 heterocycles. The molecule has 0 unspecified atom stereocenters. The van der Waals surface area contributed by atoms with Crippen molar-refractivity contribution in [3.05, 3.63) is 29.8 Å². The summed E-state index contributed by atoms with van der Waals surface area (Å²) in [5, 5.41) is 3.05. The highest BCUT2D eigenvalue weighted by atomic mass is 16.5. The van der Waals surface area contributed by atoms with Crippen LogP contribution in [-0.2, 0) is 4.79 Å². The highest BCUT2D eigenvalue weighted by Gasteiger charge is 2.30. The molecule has 0 radical (unpaired) electrons. The fraction of sp³-hybridized carbons (Fsp3) is 0.588. The second-order valence-corrected chi connectivity index (χ2v) is 6.17. The molecule has 4 nitrogen and oxygen atoms in total. The summed E-state index contributed by atoms with van der Waals surface area (Å²) >= 11 is 0. The van der Waals surface area contributed by atoms with Gasteiger partial charge in [-0.15, -0.1) is 0 Å². The van der Waals surface area contributed by atoms with Gasteiger partial charge in [0.05, 0.1) is 13.2 Å². The molecule has 2 rings (SSSR count). The Kier molecular flexibility index (Phi) is 5.23. The monoisotopic (exact) mass is 290 g/mol. The molecule has 1 saturated carbocycles. The van der Waals surface area contributed by atoms with E-state index in [4.69, 9.17) is 10.5 Å². The summed E-state index contributed by atoms with van der Waals surface area (Å²) in [6.07, 6.45) is 5.83. The Hall–Kier alpha value is -1.55. The third-order valence-electron chi connectivity index (χ3n) is 4.33. The lowest BCUT2D eigenvalue weighted by Gasteiger charge is -2.33. The number of benzene rings is 1. The quantitative estimate of drug-likeness (QED) is 0.876. The second kappa shape index (κ2) is 6.94. The van der Waals surface area contributed by atoms with Crippen LogP contribution >= 0.6 is 0 Å². The van der Waals surface area contributed by atoms with Crippen molar-refractivity contribution >= 4 is 5.91 Å². The number of carbonyl (C=O) groups is 1. The molecule has 1 fully saturated rings. The molecule has 0 aliphatic heterocycles. The van der Waals surface area contributed by atoms with Gasteiger partial charge < -0.3 is 15.8 Å². The van der Waals surface area contributed by atoms with E-state index in [2.05, 4.69) is 5.32 Å². The van der Waals surface area contributed by atoms with Gasteiger partial charge in [0, 0.05) is 12.0 Å². The molecule has 21 heavy (non-hydrogen) atoms. The normalized spacial score (nSPS) is 18.8. The highest BCUT2D eigenvalue weighted by Crippen LogP contribution is 2.29. The Labute approximate surface area is 127 Å². The van der Waals surface area contributed by atoms with Gasteiger partial charge in [-0.2, -0.15) is 0 Å². The first-order valence-electron chi connectivity index (χ1n) is 7.75. The van der Waals surface area contributed by atoms with Gasteiger partial charge in [-0.3, -0.25) is 4.79 Å². The molecule has 1 atom stereocenters. The van der Waals surface area contributed by atoms with Crippen molar-refractivity contribution in [2.24, 2.45) is 5.73 Å². The molecule has 4 heteroatoms. The first kappa shape index (κ1) is 15.8. The maximum Gasteiger partial charge on any atom is 0.222 e. The van der Waals surface area contributed by atoms with Crippen LogP contribution in [0.3, 0.4) is 0 Å². The van der Waals surface area contributed by atoms with Crippen molar-refractivity contribution in [3.8, 4) is 5.75 Å². The average molecular weight is 290 g/mol. The van der Waals surface area contributed by atoms with Crippen molar-refractivity contribution in [1.82, 2.24) is 5.32 Å². The van der Waals surface area contributed by atoms with Crippen molar-refractivity contribution < 1.29 is 9.53 Å². The standard InChI is InChI=1S/C17H26N2O2/c1-13(14-7-6-8-15(11-14)21-2)19-16(20)12-17(18)9-4-3-5-10-17/h6-8,11,13H,3-5,9-10,12,18H2,1-2H3,(H,19,20)/t13-/m1/s1. The third kappa shape index (κ3) is 4.46. The minimum absolute atomic E-state index is 0.0368. The summed E-state index contributed by atoms with van der Waals surface area (Å²) in [4.78, 5) is 12.2. The SMILES string of the molecule is COc1cccc([C@@H](C)NC(=O)CC2(N)CCCCC2)c1. The molecule has 0 spiro atoms. The van der Waals surface area contributed by atoms with Gasteiger partial charge in [-0.05, 0) is 37.5 Å². The van der Waals surface area contributed by atoms with Crippen LogP contribution in [0, 0.1) is 0 Å². The number of carbonyl (C=O) groups excluding carboxylic acids is 1. The van der Waals surface area contributed by atoms with Crippen LogP contribution < -0.4 is 15.8 Å². The first-order chi connectivity index (χ1) is 10.0. The van der Waals surface area contributed by atoms with E-state index in [1.54, 1.807) is 7.11 Å². The largest absolute Gasteiger partial charge is 0.497 e. The number of methoxy groups -OCH3 is 1. The lowest BCUT2D eigenvalue weighted by atomic mass is 9.80. The van der Waals surface area contributed by atoms with E-state index < -0.39 is 0 Å². The Morgan fingerprint density at radius 2 is 2.10 bits per heavy atom. The molecule has 1 aliphatic carbocycles. The predicted molar refractivity (Wildman–Crippen MR) is 84.2 cm³/mol. The fourth-order valence-corrected chi connectivity index (χ4v) is 3.04. The second-order valence-electron chi connectivity index (χ2n) is 6.17. The zero-order chi connectivity index (χ0) is 15.3. The molecule has 1 aliphatic rings. The molecular weight excluding hydrogens is 264 g/mol. The zero-order valence-electron chi connectivity index (χ0n) is 13.0. The summed E-state index contributed by atoms with van der Waals surface area (Å²) in [5.41, 5.74) is 7.07. The lowest BCUT2D eigenvalue weighted by Crippen LogP contribution is -2.46. The van der Waals surface area contributed by atoms with Crippen LogP contribution in [0.1, 0.15) is 57.1 Å². The lowest BCUT2D eigenvalue weighted by molar-refractivity contribution is -0.123. The number of rotatable bonds is 5. The Bertz CT molecular complexity index is 481. The van der Waals surface area contributed by atoms with E-state index in [1.165, 1.54) is 6.42 Å². The summed E-state index contributed by atoms with van der Waals surface area (Å²) < 4.78 is 5.21. The van der Waals surface area contributed by atoms with E-state index in [-0.39, 0.29) is 17.5 Å². The summed E-state index contributed by atoms with van der Waals surface area (Å²) in [5.74, 6) is 0.839. The van der Waals surface area contributed by atoms with Gasteiger partial charge in [-0.1, -0.05) is 31.4 Å². The molecule has 0 bridgehead atoms. The zero-order valence-corrected chi connectivity index (χ0v) is 13.0. The van der Waals surface area contributed by atoms with Crippen LogP contribution in [0.15, 0.2) is 24.3 Å². The van der Waals surface area contributed by atoms with Crippen LogP contribution in [-0.4, -0.2) is 18.6 Å². The van der Waals surface area contributed by atoms with Crippen LogP contribution in [0.2, 0.25) is 0 Å². The molecule has 1 aromatic carbocycles. The van der Waals surface area contributed by atoms with Gasteiger partial charge in [0.15, 0.2) is 0 Å². The summed E-state index contributed by atoms with van der Waals surface area (Å²) in [6, 6.07) is 7.73. The first-order valence-corrected chi connectivity index (χ1v) is 7.75. The maximum atomic E-state index is 12.2.